The lowest BCUT2D eigenvalue weighted by Gasteiger charge is -2.32. The quantitative estimate of drug-likeness (QED) is 0.358. The summed E-state index contributed by atoms with van der Waals surface area (Å²) in [7, 11) is 1.71. The Labute approximate surface area is 216 Å². The van der Waals surface area contributed by atoms with E-state index in [2.05, 4.69) is 26.8 Å². The second kappa shape index (κ2) is 10.9. The number of hydrogen-bond acceptors (Lipinski definition) is 7. The third kappa shape index (κ3) is 5.50. The summed E-state index contributed by atoms with van der Waals surface area (Å²) in [6, 6.07) is 11.5. The van der Waals surface area contributed by atoms with Crippen LogP contribution in [0.5, 0.6) is 11.5 Å². The molecule has 4 aromatic rings. The molecule has 5 rings (SSSR count). The molecule has 9 heteroatoms. The van der Waals surface area contributed by atoms with E-state index < -0.39 is 0 Å². The monoisotopic (exact) mass is 500 g/mol. The zero-order valence-corrected chi connectivity index (χ0v) is 21.5. The lowest BCUT2D eigenvalue weighted by molar-refractivity contribution is 0.165. The first-order valence-corrected chi connectivity index (χ1v) is 12.8. The number of amides is 1. The average molecular weight is 501 g/mol. The van der Waals surface area contributed by atoms with Crippen LogP contribution in [-0.4, -0.2) is 63.3 Å². The Kier molecular flexibility index (Phi) is 7.20. The minimum absolute atomic E-state index is 0.138. The predicted molar refractivity (Wildman–Crippen MR) is 143 cm³/mol. The fourth-order valence-corrected chi connectivity index (χ4v) is 4.34. The van der Waals surface area contributed by atoms with E-state index in [9.17, 15) is 4.79 Å². The largest absolute Gasteiger partial charge is 0.489 e. The molecule has 4 heterocycles. The molecule has 0 spiro atoms. The Bertz CT molecular complexity index is 1340. The van der Waals surface area contributed by atoms with Gasteiger partial charge in [0, 0.05) is 63.5 Å². The second-order valence-electron chi connectivity index (χ2n) is 9.19. The van der Waals surface area contributed by atoms with Crippen LogP contribution < -0.4 is 14.4 Å². The second-order valence-corrected chi connectivity index (χ2v) is 9.19. The van der Waals surface area contributed by atoms with Gasteiger partial charge in [-0.1, -0.05) is 6.92 Å². The molecular formula is C28H32N6O3. The Hall–Kier alpha value is -4.14. The van der Waals surface area contributed by atoms with E-state index in [4.69, 9.17) is 9.47 Å². The molecular weight excluding hydrogens is 468 g/mol. The number of rotatable bonds is 7. The fraction of sp³-hybridized carbons (Fsp3) is 0.357. The number of aromatic nitrogens is 4. The number of hydrogen-bond donors (Lipinski definition) is 0. The highest BCUT2D eigenvalue weighted by Gasteiger charge is 2.22. The van der Waals surface area contributed by atoms with Gasteiger partial charge in [0.25, 0.3) is 0 Å². The van der Waals surface area contributed by atoms with Crippen LogP contribution in [0.25, 0.3) is 16.7 Å². The third-order valence-electron chi connectivity index (χ3n) is 6.75. The minimum Gasteiger partial charge on any atom is -0.489 e. The van der Waals surface area contributed by atoms with Crippen molar-refractivity contribution in [3.8, 4) is 17.3 Å². The van der Waals surface area contributed by atoms with Crippen LogP contribution in [0, 0.1) is 0 Å². The van der Waals surface area contributed by atoms with Gasteiger partial charge in [-0.25, -0.2) is 19.7 Å². The molecule has 3 aromatic heterocycles. The number of anilines is 1. The van der Waals surface area contributed by atoms with Gasteiger partial charge in [-0.3, -0.25) is 0 Å². The highest BCUT2D eigenvalue weighted by Crippen LogP contribution is 2.26. The van der Waals surface area contributed by atoms with Crippen molar-refractivity contribution in [2.45, 2.75) is 39.2 Å². The fourth-order valence-electron chi connectivity index (χ4n) is 4.34. The molecule has 1 aromatic carbocycles. The van der Waals surface area contributed by atoms with Crippen molar-refractivity contribution in [2.24, 2.45) is 0 Å². The first-order chi connectivity index (χ1) is 18.0. The number of pyridine rings is 1. The summed E-state index contributed by atoms with van der Waals surface area (Å²) in [6.07, 6.45) is 10.1. The van der Waals surface area contributed by atoms with Crippen molar-refractivity contribution in [3.63, 3.8) is 0 Å². The molecule has 37 heavy (non-hydrogen) atoms. The van der Waals surface area contributed by atoms with E-state index in [1.165, 1.54) is 4.90 Å². The van der Waals surface area contributed by atoms with E-state index >= 15 is 0 Å². The molecule has 0 saturated carbocycles. The minimum atomic E-state index is -0.372. The summed E-state index contributed by atoms with van der Waals surface area (Å²) in [5, 5.41) is 0.964. The van der Waals surface area contributed by atoms with Crippen molar-refractivity contribution in [1.29, 1.82) is 0 Å². The van der Waals surface area contributed by atoms with Gasteiger partial charge in [0.2, 0.25) is 5.95 Å². The van der Waals surface area contributed by atoms with E-state index in [0.29, 0.717) is 12.3 Å². The molecule has 0 unspecified atom stereocenters. The number of nitrogens with zero attached hydrogens (tertiary/aromatic N) is 6. The summed E-state index contributed by atoms with van der Waals surface area (Å²) in [5.41, 5.74) is 2.13. The van der Waals surface area contributed by atoms with Gasteiger partial charge in [0.05, 0.1) is 11.7 Å². The van der Waals surface area contributed by atoms with Gasteiger partial charge in [0.15, 0.2) is 0 Å². The molecule has 1 aliphatic rings. The molecule has 9 nitrogen and oxygen atoms in total. The Morgan fingerprint density at radius 2 is 1.76 bits per heavy atom. The lowest BCUT2D eigenvalue weighted by Crippen LogP contribution is -2.39. The van der Waals surface area contributed by atoms with Gasteiger partial charge in [-0.2, -0.15) is 0 Å². The molecule has 1 amide bonds. The van der Waals surface area contributed by atoms with Gasteiger partial charge < -0.3 is 23.8 Å². The van der Waals surface area contributed by atoms with Crippen molar-refractivity contribution in [3.05, 3.63) is 66.7 Å². The van der Waals surface area contributed by atoms with Crippen LogP contribution >= 0.6 is 0 Å². The van der Waals surface area contributed by atoms with Crippen molar-refractivity contribution < 1.29 is 14.3 Å². The zero-order chi connectivity index (χ0) is 25.8. The Morgan fingerprint density at radius 3 is 2.43 bits per heavy atom. The van der Waals surface area contributed by atoms with Crippen LogP contribution in [-0.2, 0) is 6.42 Å². The summed E-state index contributed by atoms with van der Waals surface area (Å²) < 4.78 is 13.7. The first kappa shape index (κ1) is 24.5. The Morgan fingerprint density at radius 1 is 1.00 bits per heavy atom. The topological polar surface area (TPSA) is 85.6 Å². The summed E-state index contributed by atoms with van der Waals surface area (Å²) in [4.78, 5) is 29.4. The molecule has 1 saturated heterocycles. The maximum absolute atomic E-state index is 12.1. The number of benzene rings is 1. The van der Waals surface area contributed by atoms with Crippen molar-refractivity contribution in [1.82, 2.24) is 24.4 Å². The van der Waals surface area contributed by atoms with Crippen LogP contribution in [0.1, 0.15) is 32.3 Å². The Balaban J connectivity index is 1.19. The number of aryl methyl sites for hydroxylation is 1. The molecule has 1 fully saturated rings. The van der Waals surface area contributed by atoms with Gasteiger partial charge in [-0.15, -0.1) is 0 Å². The van der Waals surface area contributed by atoms with Crippen molar-refractivity contribution in [2.75, 3.05) is 31.6 Å². The van der Waals surface area contributed by atoms with E-state index in [0.717, 1.165) is 66.3 Å². The summed E-state index contributed by atoms with van der Waals surface area (Å²) in [5.74, 6) is 2.86. The SMILES string of the molecule is CCc1cnc(N2CCC(Oc3ccc(-n4ccc5cc(OC(=O)N(C)CC)ccc54)nc3)CC2)nc1. The number of piperidine rings is 1. The number of carbonyl (C=O) groups excluding carboxylic acids is 1. The summed E-state index contributed by atoms with van der Waals surface area (Å²) >= 11 is 0. The van der Waals surface area contributed by atoms with E-state index in [1.54, 1.807) is 19.3 Å². The van der Waals surface area contributed by atoms with E-state index in [1.807, 2.05) is 60.4 Å². The highest BCUT2D eigenvalue weighted by molar-refractivity contribution is 5.84. The lowest BCUT2D eigenvalue weighted by atomic mass is 10.1. The van der Waals surface area contributed by atoms with Gasteiger partial charge in [0.1, 0.15) is 23.4 Å². The number of carbonyl (C=O) groups is 1. The van der Waals surface area contributed by atoms with Crippen LogP contribution in [0.2, 0.25) is 0 Å². The predicted octanol–water partition coefficient (Wildman–Crippen LogP) is 4.88. The third-order valence-corrected chi connectivity index (χ3v) is 6.75. The molecule has 0 N–H and O–H groups in total. The number of fused-ring (bicyclic) bond motifs is 1. The van der Waals surface area contributed by atoms with Gasteiger partial charge in [-0.05, 0) is 55.3 Å². The standard InChI is InChI=1S/C28H32N6O3/c1-4-20-17-30-27(31-18-20)33-13-11-22(12-14-33)36-24-7-9-26(29-19-24)34-15-10-21-16-23(6-8-25(21)34)37-28(35)32(3)5-2/h6-10,15-19,22H,4-5,11-14H2,1-3H3. The normalized spacial score (nSPS) is 14.1. The molecule has 0 bridgehead atoms. The summed E-state index contributed by atoms with van der Waals surface area (Å²) in [6.45, 7) is 6.32. The van der Waals surface area contributed by atoms with Crippen molar-refractivity contribution >= 4 is 22.9 Å². The molecule has 192 valence electrons. The first-order valence-electron chi connectivity index (χ1n) is 12.8. The smallest absolute Gasteiger partial charge is 0.414 e. The van der Waals surface area contributed by atoms with E-state index in [-0.39, 0.29) is 12.2 Å². The molecule has 0 radical (unpaired) electrons. The maximum atomic E-state index is 12.1. The van der Waals surface area contributed by atoms with Crippen LogP contribution in [0.4, 0.5) is 10.7 Å². The van der Waals surface area contributed by atoms with Gasteiger partial charge >= 0.3 is 6.09 Å². The molecule has 1 aliphatic heterocycles. The maximum Gasteiger partial charge on any atom is 0.414 e. The van der Waals surface area contributed by atoms with Crippen LogP contribution in [0.15, 0.2) is 61.2 Å². The zero-order valence-electron chi connectivity index (χ0n) is 21.5. The molecule has 0 aliphatic carbocycles. The number of ether oxygens (including phenoxy) is 2. The highest BCUT2D eigenvalue weighted by atomic mass is 16.6. The molecule has 0 atom stereocenters. The average Bonchev–Trinajstić information content (AvgIpc) is 3.37. The van der Waals surface area contributed by atoms with Crippen LogP contribution in [0.3, 0.4) is 0 Å².